The second-order valence-corrected chi connectivity index (χ2v) is 8.53. The first-order valence-electron chi connectivity index (χ1n) is 6.75. The van der Waals surface area contributed by atoms with E-state index in [-0.39, 0.29) is 6.04 Å². The lowest BCUT2D eigenvalue weighted by molar-refractivity contribution is 0.421. The van der Waals surface area contributed by atoms with E-state index in [2.05, 4.69) is 26.9 Å². The van der Waals surface area contributed by atoms with Gasteiger partial charge in [-0.2, -0.15) is 11.8 Å². The van der Waals surface area contributed by atoms with Gasteiger partial charge in [0.2, 0.25) is 10.0 Å². The summed E-state index contributed by atoms with van der Waals surface area (Å²) in [6.07, 6.45) is 6.26. The minimum atomic E-state index is -3.39. The zero-order chi connectivity index (χ0) is 14.6. The third kappa shape index (κ3) is 4.23. The second kappa shape index (κ2) is 7.29. The summed E-state index contributed by atoms with van der Waals surface area (Å²) in [6.45, 7) is 0. The van der Waals surface area contributed by atoms with Gasteiger partial charge in [-0.3, -0.25) is 0 Å². The number of sulfonamides is 1. The molecule has 0 heterocycles. The highest BCUT2D eigenvalue weighted by Crippen LogP contribution is 2.27. The van der Waals surface area contributed by atoms with Crippen LogP contribution >= 0.6 is 27.7 Å². The first kappa shape index (κ1) is 16.3. The molecule has 1 aliphatic rings. The Hall–Kier alpha value is -0.0400. The van der Waals surface area contributed by atoms with Gasteiger partial charge in [0.1, 0.15) is 0 Å². The maximum absolute atomic E-state index is 12.4. The summed E-state index contributed by atoms with van der Waals surface area (Å²) in [5.74, 6) is 0. The molecule has 1 N–H and O–H groups in total. The van der Waals surface area contributed by atoms with Gasteiger partial charge >= 0.3 is 0 Å². The zero-order valence-corrected chi connectivity index (χ0v) is 14.7. The minimum Gasteiger partial charge on any atom is -0.208 e. The monoisotopic (exact) mass is 377 g/mol. The average molecular weight is 378 g/mol. The van der Waals surface area contributed by atoms with Gasteiger partial charge in [-0.15, -0.1) is 0 Å². The van der Waals surface area contributed by atoms with Crippen molar-refractivity contribution in [2.45, 2.75) is 47.2 Å². The molecule has 2 unspecified atom stereocenters. The van der Waals surface area contributed by atoms with Crippen LogP contribution in [0.3, 0.4) is 0 Å². The van der Waals surface area contributed by atoms with Gasteiger partial charge < -0.3 is 0 Å². The molecule has 0 aromatic heterocycles. The number of hydrogen-bond donors (Lipinski definition) is 1. The lowest BCUT2D eigenvalue weighted by atomic mass is 9.96. The molecule has 0 aliphatic heterocycles. The van der Waals surface area contributed by atoms with E-state index in [9.17, 15) is 8.42 Å². The van der Waals surface area contributed by atoms with Crippen molar-refractivity contribution in [3.05, 3.63) is 29.8 Å². The Balaban J connectivity index is 2.06. The molecule has 2 rings (SSSR count). The van der Waals surface area contributed by atoms with Crippen LogP contribution < -0.4 is 4.72 Å². The summed E-state index contributed by atoms with van der Waals surface area (Å²) in [6, 6.07) is 7.10. The summed E-state index contributed by atoms with van der Waals surface area (Å²) in [7, 11) is -3.39. The highest BCUT2D eigenvalue weighted by molar-refractivity contribution is 9.08. The number of hydrogen-bond acceptors (Lipinski definition) is 3. The predicted molar refractivity (Wildman–Crippen MR) is 89.0 cm³/mol. The number of thioether (sulfide) groups is 1. The van der Waals surface area contributed by atoms with Gasteiger partial charge in [-0.05, 0) is 43.2 Å². The fraction of sp³-hybridized carbons (Fsp3) is 0.571. The van der Waals surface area contributed by atoms with Crippen LogP contribution in [0.25, 0.3) is 0 Å². The number of nitrogens with one attached hydrogen (secondary N) is 1. The van der Waals surface area contributed by atoms with Crippen LogP contribution in [0.4, 0.5) is 0 Å². The summed E-state index contributed by atoms with van der Waals surface area (Å²) in [5.41, 5.74) is 1.07. The Morgan fingerprint density at radius 1 is 1.30 bits per heavy atom. The van der Waals surface area contributed by atoms with Crippen molar-refractivity contribution in [2.24, 2.45) is 0 Å². The molecule has 1 aromatic rings. The molecule has 0 spiro atoms. The lowest BCUT2D eigenvalue weighted by Crippen LogP contribution is -2.39. The van der Waals surface area contributed by atoms with Crippen molar-refractivity contribution in [3.63, 3.8) is 0 Å². The van der Waals surface area contributed by atoms with E-state index < -0.39 is 10.0 Å². The molecule has 3 nitrogen and oxygen atoms in total. The molecule has 112 valence electrons. The van der Waals surface area contributed by atoms with Crippen LogP contribution in [0.1, 0.15) is 31.2 Å². The lowest BCUT2D eigenvalue weighted by Gasteiger charge is -2.28. The first-order valence-corrected chi connectivity index (χ1v) is 10.6. The SMILES string of the molecule is CSC1CCCC(NS(=O)(=O)c2ccc(CBr)cc2)C1. The molecule has 1 fully saturated rings. The van der Waals surface area contributed by atoms with E-state index in [0.717, 1.165) is 30.2 Å². The maximum atomic E-state index is 12.4. The molecule has 20 heavy (non-hydrogen) atoms. The smallest absolute Gasteiger partial charge is 0.208 e. The van der Waals surface area contributed by atoms with Crippen molar-refractivity contribution in [2.75, 3.05) is 6.26 Å². The third-order valence-electron chi connectivity index (χ3n) is 3.67. The number of rotatable bonds is 5. The standard InChI is InChI=1S/C14H20BrNO2S2/c1-19-13-4-2-3-12(9-13)16-20(17,18)14-7-5-11(10-15)6-8-14/h5-8,12-13,16H,2-4,9-10H2,1H3. The van der Waals surface area contributed by atoms with E-state index in [1.54, 1.807) is 12.1 Å². The van der Waals surface area contributed by atoms with Crippen LogP contribution in [-0.4, -0.2) is 26.0 Å². The molecule has 0 amide bonds. The number of benzene rings is 1. The van der Waals surface area contributed by atoms with Crippen LogP contribution in [0.5, 0.6) is 0 Å². The van der Waals surface area contributed by atoms with Gasteiger partial charge in [-0.1, -0.05) is 34.5 Å². The van der Waals surface area contributed by atoms with Gasteiger partial charge in [-0.25, -0.2) is 13.1 Å². The molecule has 2 atom stereocenters. The molecule has 1 saturated carbocycles. The van der Waals surface area contributed by atoms with E-state index in [1.165, 1.54) is 6.42 Å². The summed E-state index contributed by atoms with van der Waals surface area (Å²) >= 11 is 5.20. The van der Waals surface area contributed by atoms with Crippen molar-refractivity contribution >= 4 is 37.7 Å². The van der Waals surface area contributed by atoms with Crippen molar-refractivity contribution < 1.29 is 8.42 Å². The van der Waals surface area contributed by atoms with E-state index >= 15 is 0 Å². The highest BCUT2D eigenvalue weighted by Gasteiger charge is 2.25. The predicted octanol–water partition coefficient (Wildman–Crippen LogP) is 3.53. The van der Waals surface area contributed by atoms with Crippen LogP contribution in [0.2, 0.25) is 0 Å². The largest absolute Gasteiger partial charge is 0.240 e. The molecule has 1 aliphatic carbocycles. The molecule has 0 bridgehead atoms. The van der Waals surface area contributed by atoms with Crippen molar-refractivity contribution in [1.82, 2.24) is 4.72 Å². The van der Waals surface area contributed by atoms with E-state index in [1.807, 2.05) is 23.9 Å². The summed E-state index contributed by atoms with van der Waals surface area (Å²) < 4.78 is 27.6. The first-order chi connectivity index (χ1) is 9.55. The summed E-state index contributed by atoms with van der Waals surface area (Å²) in [4.78, 5) is 0.355. The van der Waals surface area contributed by atoms with Crippen LogP contribution in [0, 0.1) is 0 Å². The van der Waals surface area contributed by atoms with Gasteiger partial charge in [0.05, 0.1) is 4.90 Å². The topological polar surface area (TPSA) is 46.2 Å². The molecule has 0 saturated heterocycles. The van der Waals surface area contributed by atoms with Crippen LogP contribution in [-0.2, 0) is 15.4 Å². The van der Waals surface area contributed by atoms with E-state index in [4.69, 9.17) is 0 Å². The number of halogens is 1. The third-order valence-corrected chi connectivity index (χ3v) is 6.95. The van der Waals surface area contributed by atoms with E-state index in [0.29, 0.717) is 10.1 Å². The van der Waals surface area contributed by atoms with Crippen molar-refractivity contribution in [3.8, 4) is 0 Å². The molecular formula is C14H20BrNO2S2. The normalized spacial score (nSPS) is 23.7. The quantitative estimate of drug-likeness (QED) is 0.798. The van der Waals surface area contributed by atoms with Crippen LogP contribution in [0.15, 0.2) is 29.2 Å². The molecule has 0 radical (unpaired) electrons. The summed E-state index contributed by atoms with van der Waals surface area (Å²) in [5, 5.41) is 1.31. The fourth-order valence-corrected chi connectivity index (χ4v) is 5.00. The van der Waals surface area contributed by atoms with Gasteiger partial charge in [0, 0.05) is 16.6 Å². The maximum Gasteiger partial charge on any atom is 0.240 e. The Bertz CT molecular complexity index is 531. The fourth-order valence-electron chi connectivity index (χ4n) is 2.51. The van der Waals surface area contributed by atoms with Gasteiger partial charge in [0.15, 0.2) is 0 Å². The highest BCUT2D eigenvalue weighted by atomic mass is 79.9. The molecule has 6 heteroatoms. The Morgan fingerprint density at radius 2 is 2.00 bits per heavy atom. The zero-order valence-electron chi connectivity index (χ0n) is 11.5. The molecule has 1 aromatic carbocycles. The number of alkyl halides is 1. The van der Waals surface area contributed by atoms with Gasteiger partial charge in [0.25, 0.3) is 0 Å². The second-order valence-electron chi connectivity index (χ2n) is 5.12. The molecular weight excluding hydrogens is 358 g/mol. The Kier molecular flexibility index (Phi) is 5.95. The van der Waals surface area contributed by atoms with Crippen molar-refractivity contribution in [1.29, 1.82) is 0 Å². The minimum absolute atomic E-state index is 0.0713. The average Bonchev–Trinajstić information content (AvgIpc) is 2.47. The Morgan fingerprint density at radius 3 is 2.60 bits per heavy atom. The Labute approximate surface area is 134 Å².